The Morgan fingerprint density at radius 3 is 2.65 bits per heavy atom. The molecule has 2 rings (SSSR count). The third kappa shape index (κ3) is 3.21. The summed E-state index contributed by atoms with van der Waals surface area (Å²) in [5.74, 6) is 0. The number of halogens is 3. The zero-order valence-corrected chi connectivity index (χ0v) is 15.5. The predicted octanol–water partition coefficient (Wildman–Crippen LogP) is 5.08. The van der Waals surface area contributed by atoms with Crippen LogP contribution in [0.25, 0.3) is 0 Å². The monoisotopic (exact) mass is 419 g/mol. The number of aromatic nitrogens is 2. The topological polar surface area (TPSA) is 29.9 Å². The summed E-state index contributed by atoms with van der Waals surface area (Å²) in [5, 5.41) is 8.64. The Kier molecular flexibility index (Phi) is 5.15. The number of rotatable bonds is 4. The molecule has 2 aromatic rings. The molecule has 0 saturated carbocycles. The molecule has 0 bridgehead atoms. The van der Waals surface area contributed by atoms with Crippen LogP contribution in [-0.4, -0.2) is 9.78 Å². The summed E-state index contributed by atoms with van der Waals surface area (Å²) in [5.41, 5.74) is 4.22. The number of hydrogen-bond acceptors (Lipinski definition) is 2. The number of anilines is 1. The van der Waals surface area contributed by atoms with Crippen molar-refractivity contribution in [2.75, 3.05) is 5.32 Å². The SMILES string of the molecule is CCc1nn(C)c(CNc2cc(Cl)c(C)cc2Br)c1Br. The molecule has 0 spiro atoms. The summed E-state index contributed by atoms with van der Waals surface area (Å²) >= 11 is 13.3. The van der Waals surface area contributed by atoms with E-state index in [1.165, 1.54) is 0 Å². The van der Waals surface area contributed by atoms with E-state index < -0.39 is 0 Å². The van der Waals surface area contributed by atoms with Crippen molar-refractivity contribution in [3.63, 3.8) is 0 Å². The highest BCUT2D eigenvalue weighted by Gasteiger charge is 2.13. The molecule has 0 aliphatic carbocycles. The van der Waals surface area contributed by atoms with Gasteiger partial charge >= 0.3 is 0 Å². The molecule has 0 atom stereocenters. The minimum atomic E-state index is 0.683. The summed E-state index contributed by atoms with van der Waals surface area (Å²) in [6.07, 6.45) is 0.911. The molecule has 0 amide bonds. The third-order valence-corrected chi connectivity index (χ3v) is 5.18. The zero-order chi connectivity index (χ0) is 14.9. The molecule has 0 saturated heterocycles. The molecular weight excluding hydrogens is 405 g/mol. The van der Waals surface area contributed by atoms with Gasteiger partial charge in [-0.1, -0.05) is 18.5 Å². The van der Waals surface area contributed by atoms with Crippen molar-refractivity contribution >= 4 is 49.1 Å². The third-order valence-electron chi connectivity index (χ3n) is 3.20. The van der Waals surface area contributed by atoms with Gasteiger partial charge in [0.1, 0.15) is 0 Å². The van der Waals surface area contributed by atoms with E-state index in [4.69, 9.17) is 11.6 Å². The van der Waals surface area contributed by atoms with E-state index in [9.17, 15) is 0 Å². The number of aryl methyl sites for hydroxylation is 3. The molecule has 0 aliphatic heterocycles. The summed E-state index contributed by atoms with van der Waals surface area (Å²) < 4.78 is 3.98. The molecule has 0 unspecified atom stereocenters. The van der Waals surface area contributed by atoms with E-state index in [1.54, 1.807) is 0 Å². The highest BCUT2D eigenvalue weighted by Crippen LogP contribution is 2.30. The Morgan fingerprint density at radius 1 is 1.35 bits per heavy atom. The fraction of sp³-hybridized carbons (Fsp3) is 0.357. The largest absolute Gasteiger partial charge is 0.378 e. The molecule has 108 valence electrons. The standard InChI is InChI=1S/C14H16Br2ClN3/c1-4-11-14(16)13(20(3)19-11)7-18-12-6-10(17)8(2)5-9(12)15/h5-6,18H,4,7H2,1-3H3. The van der Waals surface area contributed by atoms with Crippen LogP contribution in [0, 0.1) is 6.92 Å². The molecule has 20 heavy (non-hydrogen) atoms. The second-order valence-electron chi connectivity index (χ2n) is 4.62. The van der Waals surface area contributed by atoms with E-state index in [2.05, 4.69) is 49.2 Å². The first-order valence-corrected chi connectivity index (χ1v) is 8.30. The fourth-order valence-corrected chi connectivity index (χ4v) is 3.49. The number of nitrogens with zero attached hydrogens (tertiary/aromatic N) is 2. The quantitative estimate of drug-likeness (QED) is 0.746. The molecule has 1 aromatic heterocycles. The molecule has 0 fully saturated rings. The Hall–Kier alpha value is -0.520. The normalized spacial score (nSPS) is 10.9. The smallest absolute Gasteiger partial charge is 0.0767 e. The average molecular weight is 422 g/mol. The molecular formula is C14H16Br2ClN3. The molecule has 0 aliphatic rings. The molecule has 1 aromatic carbocycles. The van der Waals surface area contributed by atoms with Crippen LogP contribution in [0.4, 0.5) is 5.69 Å². The van der Waals surface area contributed by atoms with Crippen molar-refractivity contribution in [2.45, 2.75) is 26.8 Å². The van der Waals surface area contributed by atoms with E-state index in [-0.39, 0.29) is 0 Å². The van der Waals surface area contributed by atoms with Gasteiger partial charge in [0, 0.05) is 16.5 Å². The number of hydrogen-bond donors (Lipinski definition) is 1. The minimum absolute atomic E-state index is 0.683. The maximum atomic E-state index is 6.17. The first kappa shape index (κ1) is 15.9. The number of benzene rings is 1. The van der Waals surface area contributed by atoms with Gasteiger partial charge in [0.15, 0.2) is 0 Å². The highest BCUT2D eigenvalue weighted by atomic mass is 79.9. The Labute approximate surface area is 141 Å². The van der Waals surface area contributed by atoms with Crippen LogP contribution in [0.15, 0.2) is 21.1 Å². The van der Waals surface area contributed by atoms with Crippen LogP contribution in [0.5, 0.6) is 0 Å². The van der Waals surface area contributed by atoms with Crippen molar-refractivity contribution in [3.8, 4) is 0 Å². The molecule has 3 nitrogen and oxygen atoms in total. The van der Waals surface area contributed by atoms with E-state index in [0.29, 0.717) is 6.54 Å². The lowest BCUT2D eigenvalue weighted by Crippen LogP contribution is -2.06. The van der Waals surface area contributed by atoms with Crippen LogP contribution in [-0.2, 0) is 20.0 Å². The van der Waals surface area contributed by atoms with Gasteiger partial charge in [0.2, 0.25) is 0 Å². The van der Waals surface area contributed by atoms with E-state index in [0.717, 1.165) is 43.0 Å². The van der Waals surface area contributed by atoms with Gasteiger partial charge in [-0.3, -0.25) is 4.68 Å². The van der Waals surface area contributed by atoms with Crippen molar-refractivity contribution in [1.29, 1.82) is 0 Å². The summed E-state index contributed by atoms with van der Waals surface area (Å²) in [7, 11) is 1.96. The zero-order valence-electron chi connectivity index (χ0n) is 11.6. The van der Waals surface area contributed by atoms with E-state index in [1.807, 2.05) is 30.8 Å². The van der Waals surface area contributed by atoms with E-state index >= 15 is 0 Å². The van der Waals surface area contributed by atoms with Crippen LogP contribution in [0.1, 0.15) is 23.9 Å². The van der Waals surface area contributed by atoms with Crippen LogP contribution in [0.3, 0.4) is 0 Å². The second-order valence-corrected chi connectivity index (χ2v) is 6.67. The lowest BCUT2D eigenvalue weighted by atomic mass is 10.2. The Bertz CT molecular complexity index is 638. The minimum Gasteiger partial charge on any atom is -0.378 e. The van der Waals surface area contributed by atoms with Gasteiger partial charge in [0.05, 0.1) is 28.1 Å². The fourth-order valence-electron chi connectivity index (χ4n) is 1.97. The molecule has 0 radical (unpaired) electrons. The van der Waals surface area contributed by atoms with Crippen molar-refractivity contribution < 1.29 is 0 Å². The van der Waals surface area contributed by atoms with Crippen molar-refractivity contribution in [1.82, 2.24) is 9.78 Å². The summed E-state index contributed by atoms with van der Waals surface area (Å²) in [6, 6.07) is 3.95. The van der Waals surface area contributed by atoms with Gasteiger partial charge in [0.25, 0.3) is 0 Å². The maximum Gasteiger partial charge on any atom is 0.0767 e. The van der Waals surface area contributed by atoms with Crippen molar-refractivity contribution in [2.24, 2.45) is 7.05 Å². The van der Waals surface area contributed by atoms with Crippen LogP contribution >= 0.6 is 43.5 Å². The van der Waals surface area contributed by atoms with Gasteiger partial charge in [-0.15, -0.1) is 0 Å². The van der Waals surface area contributed by atoms with Gasteiger partial charge in [-0.25, -0.2) is 0 Å². The lowest BCUT2D eigenvalue weighted by Gasteiger charge is -2.11. The van der Waals surface area contributed by atoms with Gasteiger partial charge in [-0.05, 0) is 62.9 Å². The molecule has 1 heterocycles. The summed E-state index contributed by atoms with van der Waals surface area (Å²) in [4.78, 5) is 0. The summed E-state index contributed by atoms with van der Waals surface area (Å²) in [6.45, 7) is 4.77. The van der Waals surface area contributed by atoms with Crippen LogP contribution < -0.4 is 5.32 Å². The van der Waals surface area contributed by atoms with Gasteiger partial charge < -0.3 is 5.32 Å². The predicted molar refractivity (Wildman–Crippen MR) is 91.5 cm³/mol. The Morgan fingerprint density at radius 2 is 2.05 bits per heavy atom. The van der Waals surface area contributed by atoms with Crippen molar-refractivity contribution in [3.05, 3.63) is 43.1 Å². The number of nitrogens with one attached hydrogen (secondary N) is 1. The first-order chi connectivity index (χ1) is 9.43. The molecule has 1 N–H and O–H groups in total. The lowest BCUT2D eigenvalue weighted by molar-refractivity contribution is 0.706. The second kappa shape index (κ2) is 6.50. The average Bonchev–Trinajstić information content (AvgIpc) is 2.67. The molecule has 6 heteroatoms. The van der Waals surface area contributed by atoms with Gasteiger partial charge in [-0.2, -0.15) is 5.10 Å². The maximum absolute atomic E-state index is 6.17. The van der Waals surface area contributed by atoms with Crippen LogP contribution in [0.2, 0.25) is 5.02 Å². The Balaban J connectivity index is 2.21. The first-order valence-electron chi connectivity index (χ1n) is 6.33. The highest BCUT2D eigenvalue weighted by molar-refractivity contribution is 9.11.